The smallest absolute Gasteiger partial charge is 0.241 e. The van der Waals surface area contributed by atoms with Gasteiger partial charge in [0.05, 0.1) is 26.5 Å². The van der Waals surface area contributed by atoms with Crippen molar-refractivity contribution in [1.82, 2.24) is 4.90 Å². The van der Waals surface area contributed by atoms with E-state index in [9.17, 15) is 9.59 Å². The molecule has 2 aliphatic heterocycles. The first-order valence-corrected chi connectivity index (χ1v) is 10.6. The van der Waals surface area contributed by atoms with Gasteiger partial charge in [0.15, 0.2) is 11.5 Å². The lowest BCUT2D eigenvalue weighted by atomic mass is 10.1. The Balaban J connectivity index is 1.40. The molecule has 1 unspecified atom stereocenters. The van der Waals surface area contributed by atoms with Gasteiger partial charge in [0.2, 0.25) is 5.91 Å². The molecule has 2 heterocycles. The van der Waals surface area contributed by atoms with E-state index >= 15 is 0 Å². The number of anilines is 2. The number of piperazine rings is 1. The maximum absolute atomic E-state index is 13.2. The number of fused-ring (bicyclic) bond motifs is 1. The molecule has 31 heavy (non-hydrogen) atoms. The van der Waals surface area contributed by atoms with Crippen LogP contribution >= 0.6 is 0 Å². The van der Waals surface area contributed by atoms with Crippen molar-refractivity contribution in [3.8, 4) is 11.5 Å². The predicted octanol–water partition coefficient (Wildman–Crippen LogP) is 2.62. The highest BCUT2D eigenvalue weighted by Crippen LogP contribution is 2.40. The molecule has 1 saturated heterocycles. The first-order valence-electron chi connectivity index (χ1n) is 10.6. The van der Waals surface area contributed by atoms with Crippen LogP contribution in [0.5, 0.6) is 11.5 Å². The van der Waals surface area contributed by atoms with Gasteiger partial charge in [-0.3, -0.25) is 14.5 Å². The van der Waals surface area contributed by atoms with Crippen molar-refractivity contribution < 1.29 is 19.1 Å². The van der Waals surface area contributed by atoms with E-state index in [1.165, 1.54) is 0 Å². The van der Waals surface area contributed by atoms with Crippen molar-refractivity contribution in [2.45, 2.75) is 19.4 Å². The van der Waals surface area contributed by atoms with Crippen molar-refractivity contribution in [3.63, 3.8) is 0 Å². The number of hydrogen-bond acceptors (Lipinski definition) is 6. The molecule has 0 aromatic heterocycles. The molecule has 2 aromatic rings. The van der Waals surface area contributed by atoms with Gasteiger partial charge in [0, 0.05) is 49.5 Å². The molecule has 0 bridgehead atoms. The van der Waals surface area contributed by atoms with E-state index in [2.05, 4.69) is 16.7 Å². The number of carbonyl (C=O) groups is 2. The highest BCUT2D eigenvalue weighted by atomic mass is 16.5. The maximum atomic E-state index is 13.2. The molecule has 0 spiro atoms. The van der Waals surface area contributed by atoms with Crippen LogP contribution in [0.2, 0.25) is 0 Å². The summed E-state index contributed by atoms with van der Waals surface area (Å²) in [5.74, 6) is 1.45. The zero-order chi connectivity index (χ0) is 22.0. The third-order valence-corrected chi connectivity index (χ3v) is 6.19. The number of methoxy groups -OCH3 is 2. The van der Waals surface area contributed by atoms with Crippen LogP contribution in [0, 0.1) is 0 Å². The van der Waals surface area contributed by atoms with E-state index in [0.717, 1.165) is 55.8 Å². The van der Waals surface area contributed by atoms with E-state index in [4.69, 9.17) is 9.47 Å². The van der Waals surface area contributed by atoms with E-state index in [1.807, 2.05) is 41.3 Å². The molecule has 2 aliphatic rings. The number of hydrogen-bond donors (Lipinski definition) is 0. The van der Waals surface area contributed by atoms with Crippen molar-refractivity contribution in [3.05, 3.63) is 47.5 Å². The van der Waals surface area contributed by atoms with E-state index in [1.54, 1.807) is 14.2 Å². The minimum Gasteiger partial charge on any atom is -0.493 e. The maximum Gasteiger partial charge on any atom is 0.241 e. The van der Waals surface area contributed by atoms with Gasteiger partial charge in [-0.25, -0.2) is 0 Å². The average molecular weight is 424 g/mol. The number of carbonyl (C=O) groups excluding carboxylic acids is 2. The lowest BCUT2D eigenvalue weighted by molar-refractivity contribution is -0.120. The molecule has 1 fully saturated rings. The van der Waals surface area contributed by atoms with Crippen molar-refractivity contribution >= 4 is 23.6 Å². The molecule has 1 amide bonds. The topological polar surface area (TPSA) is 62.3 Å². The van der Waals surface area contributed by atoms with Gasteiger partial charge in [-0.05, 0) is 49.2 Å². The highest BCUT2D eigenvalue weighted by Gasteiger charge is 2.33. The lowest BCUT2D eigenvalue weighted by Crippen LogP contribution is -2.51. The first-order chi connectivity index (χ1) is 15.0. The Morgan fingerprint density at radius 3 is 2.29 bits per heavy atom. The van der Waals surface area contributed by atoms with Crippen molar-refractivity contribution in [1.29, 1.82) is 0 Å². The number of nitrogens with zero attached hydrogens (tertiary/aromatic N) is 3. The molecule has 164 valence electrons. The van der Waals surface area contributed by atoms with Gasteiger partial charge < -0.3 is 19.3 Å². The standard InChI is InChI=1S/C24H29N3O4/c1-17-12-19-13-22(30-2)23(31-3)14-21(19)27(17)24(29)15-25-8-10-26(11-9-25)20-6-4-18(16-28)5-7-20/h4-7,13-14,16-17H,8-12,15H2,1-3H3. The van der Waals surface area contributed by atoms with Crippen molar-refractivity contribution in [2.75, 3.05) is 56.7 Å². The fourth-order valence-corrected chi connectivity index (χ4v) is 4.52. The zero-order valence-corrected chi connectivity index (χ0v) is 18.3. The van der Waals surface area contributed by atoms with Crippen LogP contribution in [0.4, 0.5) is 11.4 Å². The Bertz CT molecular complexity index is 952. The third-order valence-electron chi connectivity index (χ3n) is 6.19. The minimum atomic E-state index is 0.108. The summed E-state index contributed by atoms with van der Waals surface area (Å²) < 4.78 is 10.9. The molecule has 0 aliphatic carbocycles. The van der Waals surface area contributed by atoms with Crippen LogP contribution < -0.4 is 19.3 Å². The van der Waals surface area contributed by atoms with Gasteiger partial charge in [-0.1, -0.05) is 0 Å². The van der Waals surface area contributed by atoms with Crippen LogP contribution in [0.1, 0.15) is 22.8 Å². The molecule has 7 heteroatoms. The molecule has 0 radical (unpaired) electrons. The van der Waals surface area contributed by atoms with Crippen molar-refractivity contribution in [2.24, 2.45) is 0 Å². The molecule has 0 N–H and O–H groups in total. The number of amides is 1. The fourth-order valence-electron chi connectivity index (χ4n) is 4.52. The molecule has 1 atom stereocenters. The Labute approximate surface area is 183 Å². The molecule has 7 nitrogen and oxygen atoms in total. The number of rotatable bonds is 6. The number of benzene rings is 2. The SMILES string of the molecule is COc1cc2c(cc1OC)N(C(=O)CN1CCN(c3ccc(C=O)cc3)CC1)C(C)C2. The summed E-state index contributed by atoms with van der Waals surface area (Å²) in [4.78, 5) is 30.5. The Hall–Kier alpha value is -3.06. The Kier molecular flexibility index (Phi) is 6.13. The number of ether oxygens (including phenoxy) is 2. The molecule has 4 rings (SSSR count). The summed E-state index contributed by atoms with van der Waals surface area (Å²) in [5, 5.41) is 0. The predicted molar refractivity (Wildman–Crippen MR) is 121 cm³/mol. The van der Waals surface area contributed by atoms with Gasteiger partial charge in [0.25, 0.3) is 0 Å². The van der Waals surface area contributed by atoms with Gasteiger partial charge in [-0.2, -0.15) is 0 Å². The summed E-state index contributed by atoms with van der Waals surface area (Å²) >= 11 is 0. The van der Waals surface area contributed by atoms with Gasteiger partial charge >= 0.3 is 0 Å². The Morgan fingerprint density at radius 2 is 1.68 bits per heavy atom. The average Bonchev–Trinajstić information content (AvgIpc) is 3.13. The summed E-state index contributed by atoms with van der Waals surface area (Å²) in [6.45, 7) is 5.83. The molecular formula is C24H29N3O4. The molecule has 2 aromatic carbocycles. The van der Waals surface area contributed by atoms with Gasteiger partial charge in [0.1, 0.15) is 6.29 Å². The summed E-state index contributed by atoms with van der Waals surface area (Å²) in [7, 11) is 3.24. The van der Waals surface area contributed by atoms with Crippen LogP contribution in [0.3, 0.4) is 0 Å². The number of aldehydes is 1. The normalized spacial score (nSPS) is 18.6. The van der Waals surface area contributed by atoms with Crippen LogP contribution in [-0.2, 0) is 11.2 Å². The molecule has 0 saturated carbocycles. The van der Waals surface area contributed by atoms with Crippen LogP contribution in [0.15, 0.2) is 36.4 Å². The zero-order valence-electron chi connectivity index (χ0n) is 18.3. The van der Waals surface area contributed by atoms with E-state index in [0.29, 0.717) is 23.6 Å². The van der Waals surface area contributed by atoms with Crippen LogP contribution in [-0.4, -0.2) is 70.1 Å². The van der Waals surface area contributed by atoms with Gasteiger partial charge in [-0.15, -0.1) is 0 Å². The first kappa shape index (κ1) is 21.2. The van der Waals surface area contributed by atoms with Crippen LogP contribution in [0.25, 0.3) is 0 Å². The molecular weight excluding hydrogens is 394 g/mol. The second kappa shape index (κ2) is 8.98. The Morgan fingerprint density at radius 1 is 1.03 bits per heavy atom. The fraction of sp³-hybridized carbons (Fsp3) is 0.417. The summed E-state index contributed by atoms with van der Waals surface area (Å²) in [6, 6.07) is 11.6. The quantitative estimate of drug-likeness (QED) is 0.666. The monoisotopic (exact) mass is 423 g/mol. The third kappa shape index (κ3) is 4.23. The van der Waals surface area contributed by atoms with E-state index in [-0.39, 0.29) is 11.9 Å². The second-order valence-electron chi connectivity index (χ2n) is 8.13. The minimum absolute atomic E-state index is 0.108. The highest BCUT2D eigenvalue weighted by molar-refractivity contribution is 5.98. The summed E-state index contributed by atoms with van der Waals surface area (Å²) in [6.07, 6.45) is 1.67. The largest absolute Gasteiger partial charge is 0.493 e. The van der Waals surface area contributed by atoms with E-state index < -0.39 is 0 Å². The second-order valence-corrected chi connectivity index (χ2v) is 8.13. The summed E-state index contributed by atoms with van der Waals surface area (Å²) in [5.41, 5.74) is 3.83. The lowest BCUT2D eigenvalue weighted by Gasteiger charge is -2.36.